The van der Waals surface area contributed by atoms with E-state index in [-0.39, 0.29) is 11.8 Å². The topological polar surface area (TPSA) is 41.1 Å². The predicted octanol–water partition coefficient (Wildman–Crippen LogP) is 4.77. The van der Waals surface area contributed by atoms with Crippen molar-refractivity contribution in [3.05, 3.63) is 84.3 Å². The molecular formula is C19H15FN2O. The summed E-state index contributed by atoms with van der Waals surface area (Å²) in [7, 11) is 0. The number of fused-ring (bicyclic) bond motifs is 1. The van der Waals surface area contributed by atoms with E-state index >= 15 is 0 Å². The maximum Gasteiger partial charge on any atom is 0.323 e. The molecule has 3 rings (SSSR count). The molecule has 0 bridgehead atoms. The van der Waals surface area contributed by atoms with Crippen molar-refractivity contribution in [3.63, 3.8) is 0 Å². The van der Waals surface area contributed by atoms with Crippen LogP contribution in [0.15, 0.2) is 72.9 Å². The average Bonchev–Trinajstić information content (AvgIpc) is 2.57. The van der Waals surface area contributed by atoms with Gasteiger partial charge in [-0.3, -0.25) is 0 Å². The summed E-state index contributed by atoms with van der Waals surface area (Å²) in [5.41, 5.74) is 1.55. The molecular weight excluding hydrogens is 291 g/mol. The molecule has 0 saturated heterocycles. The minimum absolute atomic E-state index is 0.288. The Kier molecular flexibility index (Phi) is 4.34. The molecule has 3 nitrogen and oxygen atoms in total. The Bertz CT molecular complexity index is 851. The van der Waals surface area contributed by atoms with E-state index < -0.39 is 0 Å². The molecule has 0 heterocycles. The molecule has 4 heteroatoms. The molecule has 23 heavy (non-hydrogen) atoms. The van der Waals surface area contributed by atoms with E-state index in [0.29, 0.717) is 0 Å². The summed E-state index contributed by atoms with van der Waals surface area (Å²) in [6.45, 7) is 0. The number of anilines is 1. The number of rotatable bonds is 3. The predicted molar refractivity (Wildman–Crippen MR) is 91.5 cm³/mol. The minimum atomic E-state index is -0.334. The fraction of sp³-hybridized carbons (Fsp3) is 0. The fourth-order valence-corrected chi connectivity index (χ4v) is 2.28. The molecule has 114 valence electrons. The van der Waals surface area contributed by atoms with Crippen molar-refractivity contribution >= 4 is 28.6 Å². The zero-order chi connectivity index (χ0) is 16.1. The molecule has 3 aromatic carbocycles. The lowest BCUT2D eigenvalue weighted by Crippen LogP contribution is -2.23. The monoisotopic (exact) mass is 306 g/mol. The maximum atomic E-state index is 12.8. The van der Waals surface area contributed by atoms with Crippen LogP contribution in [0.3, 0.4) is 0 Å². The molecule has 3 aromatic rings. The van der Waals surface area contributed by atoms with Crippen molar-refractivity contribution in [2.75, 3.05) is 5.32 Å². The first-order chi connectivity index (χ1) is 11.2. The summed E-state index contributed by atoms with van der Waals surface area (Å²) in [5, 5.41) is 7.50. The lowest BCUT2D eigenvalue weighted by atomic mass is 10.1. The Morgan fingerprint density at radius 2 is 1.65 bits per heavy atom. The van der Waals surface area contributed by atoms with Crippen molar-refractivity contribution in [1.29, 1.82) is 0 Å². The third-order valence-corrected chi connectivity index (χ3v) is 3.40. The van der Waals surface area contributed by atoms with Gasteiger partial charge in [-0.05, 0) is 35.2 Å². The van der Waals surface area contributed by atoms with E-state index in [2.05, 4.69) is 10.6 Å². The Balaban J connectivity index is 1.66. The van der Waals surface area contributed by atoms with Crippen molar-refractivity contribution in [2.24, 2.45) is 0 Å². The number of carbonyl (C=O) groups excluding carboxylic acids is 1. The zero-order valence-electron chi connectivity index (χ0n) is 12.3. The van der Waals surface area contributed by atoms with Crippen LogP contribution in [0.1, 0.15) is 5.56 Å². The average molecular weight is 306 g/mol. The van der Waals surface area contributed by atoms with Crippen LogP contribution in [0.4, 0.5) is 14.9 Å². The number of hydrogen-bond acceptors (Lipinski definition) is 1. The Hall–Kier alpha value is -3.14. The molecule has 0 unspecified atom stereocenters. The highest BCUT2D eigenvalue weighted by Gasteiger charge is 2.03. The maximum absolute atomic E-state index is 12.8. The quantitative estimate of drug-likeness (QED) is 0.719. The van der Waals surface area contributed by atoms with E-state index in [4.69, 9.17) is 0 Å². The second-order valence-corrected chi connectivity index (χ2v) is 5.01. The molecule has 2 amide bonds. The third-order valence-electron chi connectivity index (χ3n) is 3.40. The van der Waals surface area contributed by atoms with E-state index in [9.17, 15) is 9.18 Å². The summed E-state index contributed by atoms with van der Waals surface area (Å²) < 4.78 is 12.8. The fourth-order valence-electron chi connectivity index (χ4n) is 2.28. The summed E-state index contributed by atoms with van der Waals surface area (Å²) in [4.78, 5) is 12.0. The van der Waals surface area contributed by atoms with Crippen LogP contribution in [0.5, 0.6) is 0 Å². The van der Waals surface area contributed by atoms with Gasteiger partial charge in [0.05, 0.1) is 5.69 Å². The molecule has 0 aliphatic heterocycles. The summed E-state index contributed by atoms with van der Waals surface area (Å²) in [6.07, 6.45) is 3.22. The van der Waals surface area contributed by atoms with Gasteiger partial charge in [-0.2, -0.15) is 0 Å². The number of amides is 2. The zero-order valence-corrected chi connectivity index (χ0v) is 12.3. The van der Waals surface area contributed by atoms with Crippen molar-refractivity contribution in [3.8, 4) is 0 Å². The van der Waals surface area contributed by atoms with Gasteiger partial charge in [0.1, 0.15) is 5.82 Å². The highest BCUT2D eigenvalue weighted by atomic mass is 19.1. The largest absolute Gasteiger partial charge is 0.323 e. The first-order valence-corrected chi connectivity index (χ1v) is 7.20. The van der Waals surface area contributed by atoms with Crippen LogP contribution < -0.4 is 10.6 Å². The van der Waals surface area contributed by atoms with Gasteiger partial charge >= 0.3 is 6.03 Å². The standard InChI is InChI=1S/C19H15FN2O/c20-16-10-8-14(9-11-16)12-13-21-19(23)22-18-7-3-5-15-4-1-2-6-17(15)18/h1-13H,(H2,21,22,23)/b13-12+. The van der Waals surface area contributed by atoms with E-state index in [1.54, 1.807) is 18.2 Å². The van der Waals surface area contributed by atoms with Gasteiger partial charge in [0.2, 0.25) is 0 Å². The van der Waals surface area contributed by atoms with E-state index in [0.717, 1.165) is 22.0 Å². The Morgan fingerprint density at radius 1 is 0.913 bits per heavy atom. The van der Waals surface area contributed by atoms with E-state index in [1.807, 2.05) is 42.5 Å². The Labute approximate surface area is 133 Å². The summed E-state index contributed by atoms with van der Waals surface area (Å²) in [5.74, 6) is -0.288. The lowest BCUT2D eigenvalue weighted by molar-refractivity contribution is 0.255. The molecule has 0 aromatic heterocycles. The third kappa shape index (κ3) is 3.74. The number of halogens is 1. The summed E-state index contributed by atoms with van der Waals surface area (Å²) >= 11 is 0. The van der Waals surface area contributed by atoms with Gasteiger partial charge in [0, 0.05) is 11.6 Å². The highest BCUT2D eigenvalue weighted by Crippen LogP contribution is 2.22. The molecule has 2 N–H and O–H groups in total. The first-order valence-electron chi connectivity index (χ1n) is 7.20. The first kappa shape index (κ1) is 14.8. The van der Waals surface area contributed by atoms with Crippen molar-refractivity contribution < 1.29 is 9.18 Å². The Morgan fingerprint density at radius 3 is 2.48 bits per heavy atom. The molecule has 0 saturated carbocycles. The van der Waals surface area contributed by atoms with Crippen LogP contribution in [0.25, 0.3) is 16.8 Å². The second kappa shape index (κ2) is 6.75. The molecule has 0 aliphatic carbocycles. The van der Waals surface area contributed by atoms with Crippen molar-refractivity contribution in [2.45, 2.75) is 0 Å². The van der Waals surface area contributed by atoms with Crippen LogP contribution in [0, 0.1) is 5.82 Å². The highest BCUT2D eigenvalue weighted by molar-refractivity contribution is 6.01. The van der Waals surface area contributed by atoms with Gasteiger partial charge in [-0.1, -0.05) is 48.5 Å². The van der Waals surface area contributed by atoms with Crippen LogP contribution >= 0.6 is 0 Å². The minimum Gasteiger partial charge on any atom is -0.314 e. The molecule has 0 spiro atoms. The second-order valence-electron chi connectivity index (χ2n) is 5.01. The summed E-state index contributed by atoms with van der Waals surface area (Å²) in [6, 6.07) is 19.3. The molecule has 0 radical (unpaired) electrons. The molecule has 0 fully saturated rings. The number of hydrogen-bond donors (Lipinski definition) is 2. The SMILES string of the molecule is O=C(N/C=C/c1ccc(F)cc1)Nc1cccc2ccccc12. The van der Waals surface area contributed by atoms with Gasteiger partial charge in [-0.15, -0.1) is 0 Å². The van der Waals surface area contributed by atoms with E-state index in [1.165, 1.54) is 18.3 Å². The smallest absolute Gasteiger partial charge is 0.314 e. The van der Waals surface area contributed by atoms with Crippen molar-refractivity contribution in [1.82, 2.24) is 5.32 Å². The van der Waals surface area contributed by atoms with Gasteiger partial charge in [-0.25, -0.2) is 9.18 Å². The number of urea groups is 1. The normalized spacial score (nSPS) is 10.8. The van der Waals surface area contributed by atoms with Crippen LogP contribution in [-0.4, -0.2) is 6.03 Å². The number of nitrogens with one attached hydrogen (secondary N) is 2. The van der Waals surface area contributed by atoms with Gasteiger partial charge in [0.25, 0.3) is 0 Å². The van der Waals surface area contributed by atoms with Crippen LogP contribution in [-0.2, 0) is 0 Å². The molecule has 0 aliphatic rings. The van der Waals surface area contributed by atoms with Gasteiger partial charge < -0.3 is 10.6 Å². The molecule has 0 atom stereocenters. The van der Waals surface area contributed by atoms with Gasteiger partial charge in [0.15, 0.2) is 0 Å². The number of benzene rings is 3. The number of carbonyl (C=O) groups is 1. The van der Waals surface area contributed by atoms with Crippen LogP contribution in [0.2, 0.25) is 0 Å². The lowest BCUT2D eigenvalue weighted by Gasteiger charge is -2.08.